The molecule has 1 rings (SSSR count). The Morgan fingerprint density at radius 1 is 1.18 bits per heavy atom. The molecular weight excluding hydrogens is 302 g/mol. The van der Waals surface area contributed by atoms with Gasteiger partial charge in [-0.3, -0.25) is 0 Å². The summed E-state index contributed by atoms with van der Waals surface area (Å²) < 4.78 is 31.3. The van der Waals surface area contributed by atoms with Crippen molar-refractivity contribution in [1.82, 2.24) is 4.72 Å². The molecule has 0 aliphatic carbocycles. The van der Waals surface area contributed by atoms with Crippen molar-refractivity contribution in [2.75, 3.05) is 6.54 Å². The van der Waals surface area contributed by atoms with Crippen LogP contribution in [0.4, 0.5) is 0 Å². The number of esters is 1. The summed E-state index contributed by atoms with van der Waals surface area (Å²) >= 11 is 0. The lowest BCUT2D eigenvalue weighted by atomic mass is 10.2. The molecule has 0 aliphatic rings. The lowest BCUT2D eigenvalue weighted by molar-refractivity contribution is -0.148. The van der Waals surface area contributed by atoms with Gasteiger partial charge in [-0.05, 0) is 32.9 Å². The molecule has 0 fully saturated rings. The van der Waals surface area contributed by atoms with E-state index in [4.69, 9.17) is 4.74 Å². The minimum atomic E-state index is -3.50. The Morgan fingerprint density at radius 2 is 1.82 bits per heavy atom. The van der Waals surface area contributed by atoms with E-state index in [2.05, 4.69) is 4.72 Å². The molecule has 0 unspecified atom stereocenters. The number of carbonyl (C=O) groups is 1. The molecule has 0 spiro atoms. The van der Waals surface area contributed by atoms with Crippen molar-refractivity contribution in [3.8, 4) is 0 Å². The van der Waals surface area contributed by atoms with Gasteiger partial charge >= 0.3 is 5.97 Å². The van der Waals surface area contributed by atoms with Crippen molar-refractivity contribution in [3.63, 3.8) is 0 Å². The Hall–Kier alpha value is -1.92. The molecule has 0 atom stereocenters. The smallest absolute Gasteiger partial charge is 0.331 e. The molecule has 0 amide bonds. The Morgan fingerprint density at radius 3 is 2.41 bits per heavy atom. The first kappa shape index (κ1) is 18.1. The predicted molar refractivity (Wildman–Crippen MR) is 85.8 cm³/mol. The molecule has 22 heavy (non-hydrogen) atoms. The van der Waals surface area contributed by atoms with E-state index in [0.717, 1.165) is 0 Å². The monoisotopic (exact) mass is 323 g/mol. The SMILES string of the molecule is CC(C)(C)OC(=O)/C=C/C=C/CNS(=O)(=O)c1ccccc1. The fourth-order valence-corrected chi connectivity index (χ4v) is 2.46. The van der Waals surface area contributed by atoms with Crippen LogP contribution in [0.25, 0.3) is 0 Å². The van der Waals surface area contributed by atoms with Gasteiger partial charge in [-0.25, -0.2) is 17.9 Å². The highest BCUT2D eigenvalue weighted by molar-refractivity contribution is 7.89. The highest BCUT2D eigenvalue weighted by Gasteiger charge is 2.13. The van der Waals surface area contributed by atoms with Gasteiger partial charge in [0.2, 0.25) is 10.0 Å². The van der Waals surface area contributed by atoms with Crippen molar-refractivity contribution >= 4 is 16.0 Å². The third-order valence-electron chi connectivity index (χ3n) is 2.33. The molecule has 1 aromatic rings. The zero-order valence-corrected chi connectivity index (χ0v) is 13.8. The number of hydrogen-bond acceptors (Lipinski definition) is 4. The number of carbonyl (C=O) groups excluding carboxylic acids is 1. The summed E-state index contributed by atoms with van der Waals surface area (Å²) in [6.07, 6.45) is 5.97. The van der Waals surface area contributed by atoms with Crippen LogP contribution in [-0.2, 0) is 19.6 Å². The summed E-state index contributed by atoms with van der Waals surface area (Å²) in [4.78, 5) is 11.6. The van der Waals surface area contributed by atoms with Crippen molar-refractivity contribution < 1.29 is 17.9 Å². The van der Waals surface area contributed by atoms with Crippen LogP contribution in [-0.4, -0.2) is 26.5 Å². The van der Waals surface area contributed by atoms with E-state index in [-0.39, 0.29) is 11.4 Å². The predicted octanol–water partition coefficient (Wildman–Crippen LogP) is 2.42. The van der Waals surface area contributed by atoms with Crippen LogP contribution in [0, 0.1) is 0 Å². The fourth-order valence-electron chi connectivity index (χ4n) is 1.46. The average molecular weight is 323 g/mol. The van der Waals surface area contributed by atoms with Gasteiger partial charge in [-0.1, -0.05) is 36.4 Å². The van der Waals surface area contributed by atoms with Gasteiger partial charge in [0.25, 0.3) is 0 Å². The van der Waals surface area contributed by atoms with Crippen molar-refractivity contribution in [3.05, 3.63) is 54.6 Å². The summed E-state index contributed by atoms with van der Waals surface area (Å²) in [5.41, 5.74) is -0.531. The molecule has 1 N–H and O–H groups in total. The average Bonchev–Trinajstić information content (AvgIpc) is 2.41. The van der Waals surface area contributed by atoms with E-state index >= 15 is 0 Å². The summed E-state index contributed by atoms with van der Waals surface area (Å²) in [5.74, 6) is -0.443. The largest absolute Gasteiger partial charge is 0.457 e. The number of nitrogens with one attached hydrogen (secondary N) is 1. The first-order chi connectivity index (χ1) is 10.2. The molecular formula is C16H21NO4S. The summed E-state index contributed by atoms with van der Waals surface area (Å²) in [6.45, 7) is 5.49. The van der Waals surface area contributed by atoms with Gasteiger partial charge in [0.05, 0.1) is 4.90 Å². The number of rotatable bonds is 6. The standard InChI is InChI=1S/C16H21NO4S/c1-16(2,3)21-15(18)12-8-5-9-13-17-22(19,20)14-10-6-4-7-11-14/h4-12,17H,13H2,1-3H3/b9-5+,12-8+. The molecule has 5 nitrogen and oxygen atoms in total. The molecule has 6 heteroatoms. The highest BCUT2D eigenvalue weighted by Crippen LogP contribution is 2.07. The lowest BCUT2D eigenvalue weighted by Gasteiger charge is -2.17. The quantitative estimate of drug-likeness (QED) is 0.496. The first-order valence-electron chi connectivity index (χ1n) is 6.82. The molecule has 0 heterocycles. The van der Waals surface area contributed by atoms with Crippen LogP contribution >= 0.6 is 0 Å². The molecule has 0 saturated carbocycles. The van der Waals surface area contributed by atoms with E-state index in [1.54, 1.807) is 51.1 Å². The minimum absolute atomic E-state index is 0.135. The van der Waals surface area contributed by atoms with Crippen LogP contribution in [0.5, 0.6) is 0 Å². The number of sulfonamides is 1. The van der Waals surface area contributed by atoms with Gasteiger partial charge in [0.15, 0.2) is 0 Å². The zero-order valence-electron chi connectivity index (χ0n) is 12.9. The van der Waals surface area contributed by atoms with Crippen molar-refractivity contribution in [2.24, 2.45) is 0 Å². The van der Waals surface area contributed by atoms with E-state index in [1.165, 1.54) is 24.3 Å². The van der Waals surface area contributed by atoms with Gasteiger partial charge in [-0.15, -0.1) is 0 Å². The Labute approximate surface area is 131 Å². The maximum absolute atomic E-state index is 11.9. The second-order valence-corrected chi connectivity index (χ2v) is 7.25. The zero-order chi connectivity index (χ0) is 16.6. The van der Waals surface area contributed by atoms with Crippen LogP contribution in [0.15, 0.2) is 59.5 Å². The van der Waals surface area contributed by atoms with E-state index in [9.17, 15) is 13.2 Å². The van der Waals surface area contributed by atoms with Gasteiger partial charge < -0.3 is 4.74 Å². The third kappa shape index (κ3) is 7.19. The Balaban J connectivity index is 2.43. The number of allylic oxidation sites excluding steroid dienone is 2. The molecule has 0 aliphatic heterocycles. The second kappa shape index (κ2) is 7.91. The molecule has 0 radical (unpaired) electrons. The van der Waals surface area contributed by atoms with Crippen LogP contribution < -0.4 is 4.72 Å². The van der Waals surface area contributed by atoms with E-state index in [0.29, 0.717) is 0 Å². The van der Waals surface area contributed by atoms with Crippen LogP contribution in [0.3, 0.4) is 0 Å². The summed E-state index contributed by atoms with van der Waals surface area (Å²) in [6, 6.07) is 8.12. The summed E-state index contributed by atoms with van der Waals surface area (Å²) in [5, 5.41) is 0. The number of hydrogen-bond donors (Lipinski definition) is 1. The van der Waals surface area contributed by atoms with E-state index in [1.807, 2.05) is 0 Å². The van der Waals surface area contributed by atoms with Gasteiger partial charge in [-0.2, -0.15) is 0 Å². The molecule has 0 aromatic heterocycles. The number of ether oxygens (including phenoxy) is 1. The molecule has 0 bridgehead atoms. The normalized spacial score (nSPS) is 12.9. The minimum Gasteiger partial charge on any atom is -0.457 e. The molecule has 0 saturated heterocycles. The van der Waals surface area contributed by atoms with Gasteiger partial charge in [0.1, 0.15) is 5.60 Å². The van der Waals surface area contributed by atoms with Crippen LogP contribution in [0.1, 0.15) is 20.8 Å². The molecule has 120 valence electrons. The first-order valence-corrected chi connectivity index (χ1v) is 8.30. The number of benzene rings is 1. The maximum atomic E-state index is 11.9. The topological polar surface area (TPSA) is 72.5 Å². The van der Waals surface area contributed by atoms with Crippen molar-refractivity contribution in [2.45, 2.75) is 31.3 Å². The second-order valence-electron chi connectivity index (χ2n) is 5.49. The fraction of sp³-hybridized carbons (Fsp3) is 0.312. The van der Waals surface area contributed by atoms with Gasteiger partial charge in [0, 0.05) is 12.6 Å². The van der Waals surface area contributed by atoms with E-state index < -0.39 is 21.6 Å². The third-order valence-corrected chi connectivity index (χ3v) is 3.77. The lowest BCUT2D eigenvalue weighted by Crippen LogP contribution is -2.23. The van der Waals surface area contributed by atoms with Crippen molar-refractivity contribution in [1.29, 1.82) is 0 Å². The van der Waals surface area contributed by atoms with Crippen LogP contribution in [0.2, 0.25) is 0 Å². The summed E-state index contributed by atoms with van der Waals surface area (Å²) in [7, 11) is -3.50. The maximum Gasteiger partial charge on any atom is 0.331 e. The molecule has 1 aromatic carbocycles. The highest BCUT2D eigenvalue weighted by atomic mass is 32.2. The Kier molecular flexibility index (Phi) is 6.52. The Bertz CT molecular complexity index is 640.